The van der Waals surface area contributed by atoms with Crippen LogP contribution >= 0.6 is 11.3 Å². The number of benzene rings is 1. The number of hydrogen-bond donors (Lipinski definition) is 2. The van der Waals surface area contributed by atoms with E-state index >= 15 is 0 Å². The molecule has 1 atom stereocenters. The van der Waals surface area contributed by atoms with Gasteiger partial charge in [0.1, 0.15) is 9.88 Å². The molecule has 1 unspecified atom stereocenters. The second-order valence-electron chi connectivity index (χ2n) is 7.09. The molecule has 0 aliphatic rings. The highest BCUT2D eigenvalue weighted by Gasteiger charge is 2.20. The molecule has 0 bridgehead atoms. The van der Waals surface area contributed by atoms with Gasteiger partial charge in [-0.15, -0.1) is 11.3 Å². The number of nitrogens with one attached hydrogen (secondary N) is 2. The smallest absolute Gasteiger partial charge is 0.350 e. The van der Waals surface area contributed by atoms with Crippen LogP contribution in [-0.4, -0.2) is 46.2 Å². The minimum absolute atomic E-state index is 0.0812. The minimum atomic E-state index is -0.316. The van der Waals surface area contributed by atoms with Crippen LogP contribution in [0.2, 0.25) is 0 Å². The standard InChI is InChI=1S/C22H30N6O2S/c1-5-23-22(24-12-9-13-28-14-25-17-10-7-8-11-18(17)28)27-16(4)20-26-15(3)19(31-20)21(29)30-6-2/h7-8,10-11,14,16H,5-6,9,12-13H2,1-4H3,(H2,23,24,27). The van der Waals surface area contributed by atoms with E-state index in [-0.39, 0.29) is 12.0 Å². The number of fused-ring (bicyclic) bond motifs is 1. The van der Waals surface area contributed by atoms with Gasteiger partial charge in [0.2, 0.25) is 0 Å². The number of imidazole rings is 1. The van der Waals surface area contributed by atoms with Crippen molar-refractivity contribution in [3.05, 3.63) is 46.2 Å². The zero-order valence-electron chi connectivity index (χ0n) is 18.5. The summed E-state index contributed by atoms with van der Waals surface area (Å²) in [6.07, 6.45) is 2.78. The molecule has 0 aliphatic carbocycles. The van der Waals surface area contributed by atoms with E-state index < -0.39 is 0 Å². The molecule has 8 nitrogen and oxygen atoms in total. The average molecular weight is 443 g/mol. The number of ether oxygens (including phenoxy) is 1. The van der Waals surface area contributed by atoms with Crippen molar-refractivity contribution in [1.82, 2.24) is 25.2 Å². The van der Waals surface area contributed by atoms with Gasteiger partial charge in [-0.3, -0.25) is 4.99 Å². The maximum absolute atomic E-state index is 12.1. The summed E-state index contributed by atoms with van der Waals surface area (Å²) in [4.78, 5) is 26.3. The van der Waals surface area contributed by atoms with Crippen molar-refractivity contribution >= 4 is 34.3 Å². The Morgan fingerprint density at radius 1 is 1.32 bits per heavy atom. The zero-order chi connectivity index (χ0) is 22.2. The number of hydrogen-bond acceptors (Lipinski definition) is 6. The van der Waals surface area contributed by atoms with Crippen LogP contribution in [0.4, 0.5) is 0 Å². The largest absolute Gasteiger partial charge is 0.462 e. The van der Waals surface area contributed by atoms with E-state index in [1.807, 2.05) is 45.3 Å². The maximum atomic E-state index is 12.1. The maximum Gasteiger partial charge on any atom is 0.350 e. The molecular weight excluding hydrogens is 412 g/mol. The Morgan fingerprint density at radius 3 is 2.90 bits per heavy atom. The Morgan fingerprint density at radius 2 is 2.13 bits per heavy atom. The number of rotatable bonds is 9. The second-order valence-corrected chi connectivity index (χ2v) is 8.12. The molecule has 9 heteroatoms. The first kappa shape index (κ1) is 22.7. The highest BCUT2D eigenvalue weighted by molar-refractivity contribution is 7.13. The monoisotopic (exact) mass is 442 g/mol. The molecule has 2 N–H and O–H groups in total. The van der Waals surface area contributed by atoms with Crippen molar-refractivity contribution in [2.45, 2.75) is 46.7 Å². The second kappa shape index (κ2) is 10.9. The number of aromatic nitrogens is 3. The third-order valence-corrected chi connectivity index (χ3v) is 6.02. The Bertz CT molecular complexity index is 1040. The zero-order valence-corrected chi connectivity index (χ0v) is 19.3. The summed E-state index contributed by atoms with van der Waals surface area (Å²) in [6.45, 7) is 10.3. The predicted octanol–water partition coefficient (Wildman–Crippen LogP) is 3.68. The van der Waals surface area contributed by atoms with E-state index in [1.165, 1.54) is 11.3 Å². The molecule has 166 valence electrons. The molecular formula is C22H30N6O2S. The summed E-state index contributed by atoms with van der Waals surface area (Å²) in [6, 6.07) is 8.05. The normalized spacial score (nSPS) is 12.7. The number of aliphatic imine (C=N–C) groups is 1. The number of guanidine groups is 1. The fraction of sp³-hybridized carbons (Fsp3) is 0.455. The Balaban J connectivity index is 1.59. The number of aryl methyl sites for hydroxylation is 2. The van der Waals surface area contributed by atoms with Crippen LogP contribution in [-0.2, 0) is 11.3 Å². The Kier molecular flexibility index (Phi) is 8.00. The first-order valence-corrected chi connectivity index (χ1v) is 11.4. The van der Waals surface area contributed by atoms with Crippen LogP contribution in [0.3, 0.4) is 0 Å². The molecule has 0 aliphatic heterocycles. The Labute approximate surface area is 186 Å². The minimum Gasteiger partial charge on any atom is -0.462 e. The molecule has 0 amide bonds. The van der Waals surface area contributed by atoms with Crippen molar-refractivity contribution in [2.24, 2.45) is 4.99 Å². The van der Waals surface area contributed by atoms with Crippen LogP contribution in [0.1, 0.15) is 53.6 Å². The molecule has 2 heterocycles. The Hall–Kier alpha value is -2.94. The van der Waals surface area contributed by atoms with E-state index in [4.69, 9.17) is 9.73 Å². The summed E-state index contributed by atoms with van der Waals surface area (Å²) in [5.41, 5.74) is 2.85. The summed E-state index contributed by atoms with van der Waals surface area (Å²) < 4.78 is 7.27. The average Bonchev–Trinajstić information content (AvgIpc) is 3.35. The van der Waals surface area contributed by atoms with Crippen LogP contribution in [0.15, 0.2) is 35.6 Å². The van der Waals surface area contributed by atoms with Gasteiger partial charge in [-0.2, -0.15) is 0 Å². The van der Waals surface area contributed by atoms with Crippen molar-refractivity contribution in [3.63, 3.8) is 0 Å². The molecule has 3 aromatic rings. The highest BCUT2D eigenvalue weighted by atomic mass is 32.1. The van der Waals surface area contributed by atoms with E-state index in [0.717, 1.165) is 41.5 Å². The SMILES string of the molecule is CCNC(=NCCCn1cnc2ccccc21)NC(C)c1nc(C)c(C(=O)OCC)s1. The fourth-order valence-electron chi connectivity index (χ4n) is 3.20. The molecule has 3 rings (SSSR count). The van der Waals surface area contributed by atoms with Crippen molar-refractivity contribution in [2.75, 3.05) is 19.7 Å². The number of esters is 1. The number of nitrogens with zero attached hydrogens (tertiary/aromatic N) is 4. The lowest BCUT2D eigenvalue weighted by Gasteiger charge is -2.16. The van der Waals surface area contributed by atoms with Crippen LogP contribution < -0.4 is 10.6 Å². The first-order chi connectivity index (χ1) is 15.0. The molecule has 2 aromatic heterocycles. The quantitative estimate of drug-likeness (QED) is 0.227. The summed E-state index contributed by atoms with van der Waals surface area (Å²) in [7, 11) is 0. The highest BCUT2D eigenvalue weighted by Crippen LogP contribution is 2.24. The summed E-state index contributed by atoms with van der Waals surface area (Å²) >= 11 is 1.36. The molecule has 0 saturated carbocycles. The number of thiazole rings is 1. The van der Waals surface area contributed by atoms with Gasteiger partial charge in [-0.1, -0.05) is 12.1 Å². The van der Waals surface area contributed by atoms with E-state index in [2.05, 4.69) is 31.2 Å². The number of carbonyl (C=O) groups is 1. The molecule has 31 heavy (non-hydrogen) atoms. The van der Waals surface area contributed by atoms with Gasteiger partial charge in [0.25, 0.3) is 0 Å². The predicted molar refractivity (Wildman–Crippen MR) is 125 cm³/mol. The molecule has 0 spiro atoms. The topological polar surface area (TPSA) is 93.4 Å². The third kappa shape index (κ3) is 5.81. The fourth-order valence-corrected chi connectivity index (χ4v) is 4.16. The van der Waals surface area contributed by atoms with Crippen LogP contribution in [0, 0.1) is 6.92 Å². The van der Waals surface area contributed by atoms with Gasteiger partial charge in [0.15, 0.2) is 5.96 Å². The van der Waals surface area contributed by atoms with E-state index in [0.29, 0.717) is 23.7 Å². The summed E-state index contributed by atoms with van der Waals surface area (Å²) in [5.74, 6) is 0.416. The van der Waals surface area contributed by atoms with Gasteiger partial charge in [-0.25, -0.2) is 14.8 Å². The summed E-state index contributed by atoms with van der Waals surface area (Å²) in [5, 5.41) is 7.49. The third-order valence-electron chi connectivity index (χ3n) is 4.70. The van der Waals surface area contributed by atoms with E-state index in [1.54, 1.807) is 6.92 Å². The van der Waals surface area contributed by atoms with Crippen LogP contribution in [0.5, 0.6) is 0 Å². The number of para-hydroxylation sites is 2. The van der Waals surface area contributed by atoms with Gasteiger partial charge < -0.3 is 19.9 Å². The van der Waals surface area contributed by atoms with Gasteiger partial charge >= 0.3 is 5.97 Å². The lowest BCUT2D eigenvalue weighted by atomic mass is 10.3. The molecule has 0 radical (unpaired) electrons. The van der Waals surface area contributed by atoms with Gasteiger partial charge in [0.05, 0.1) is 35.7 Å². The first-order valence-electron chi connectivity index (χ1n) is 10.6. The number of carbonyl (C=O) groups excluding carboxylic acids is 1. The van der Waals surface area contributed by atoms with Crippen molar-refractivity contribution in [3.8, 4) is 0 Å². The van der Waals surface area contributed by atoms with Crippen molar-refractivity contribution in [1.29, 1.82) is 0 Å². The van der Waals surface area contributed by atoms with Crippen LogP contribution in [0.25, 0.3) is 11.0 Å². The van der Waals surface area contributed by atoms with E-state index in [9.17, 15) is 4.79 Å². The lowest BCUT2D eigenvalue weighted by molar-refractivity contribution is 0.0531. The lowest BCUT2D eigenvalue weighted by Crippen LogP contribution is -2.38. The molecule has 0 fully saturated rings. The van der Waals surface area contributed by atoms with Gasteiger partial charge in [-0.05, 0) is 46.2 Å². The van der Waals surface area contributed by atoms with Crippen molar-refractivity contribution < 1.29 is 9.53 Å². The van der Waals surface area contributed by atoms with Gasteiger partial charge in [0, 0.05) is 19.6 Å². The molecule has 0 saturated heterocycles. The molecule has 1 aromatic carbocycles.